The van der Waals surface area contributed by atoms with Crippen molar-refractivity contribution in [3.05, 3.63) is 98.5 Å². The summed E-state index contributed by atoms with van der Waals surface area (Å²) in [6, 6.07) is 16.1. The minimum Gasteiger partial charge on any atom is -0.355 e. The van der Waals surface area contributed by atoms with Crippen LogP contribution in [0.3, 0.4) is 0 Å². The van der Waals surface area contributed by atoms with E-state index in [1.54, 1.807) is 31.2 Å². The molecule has 2 amide bonds. The molecule has 39 heavy (non-hydrogen) atoms. The van der Waals surface area contributed by atoms with E-state index >= 15 is 0 Å². The molecule has 0 aliphatic heterocycles. The lowest BCUT2D eigenvalue weighted by Crippen LogP contribution is -2.51. The molecule has 3 aromatic rings. The van der Waals surface area contributed by atoms with Crippen LogP contribution in [0.25, 0.3) is 0 Å². The Morgan fingerprint density at radius 3 is 2.21 bits per heavy atom. The maximum Gasteiger partial charge on any atom is 0.269 e. The van der Waals surface area contributed by atoms with Gasteiger partial charge in [0, 0.05) is 25.2 Å². The predicted octanol–water partition coefficient (Wildman–Crippen LogP) is 4.65. The van der Waals surface area contributed by atoms with Crippen LogP contribution in [0.5, 0.6) is 0 Å². The Morgan fingerprint density at radius 1 is 1.00 bits per heavy atom. The molecule has 0 aliphatic carbocycles. The summed E-state index contributed by atoms with van der Waals surface area (Å²) in [4.78, 5) is 38.2. The normalized spacial score (nSPS) is 11.9. The summed E-state index contributed by atoms with van der Waals surface area (Å²) in [5.74, 6) is -1.11. The summed E-state index contributed by atoms with van der Waals surface area (Å²) in [5, 5.41) is 14.4. The number of halogens is 2. The van der Waals surface area contributed by atoms with Crippen LogP contribution in [0.1, 0.15) is 19.4 Å². The SMILES string of the molecule is CCNC(=O)[C@@H](C)N(Cc1ccc(Cl)c(Cl)c1)C(=O)CN(c1ccc([N+](=O)[O-])cc1)S(=O)(=O)c1ccccc1. The fraction of sp³-hybridized carbons (Fsp3) is 0.231. The Bertz CT molecular complexity index is 1450. The molecular formula is C26H26Cl2N4O6S. The van der Waals surface area contributed by atoms with Crippen molar-refractivity contribution in [2.45, 2.75) is 31.3 Å². The number of hydrogen-bond donors (Lipinski definition) is 1. The number of nitro groups is 1. The Hall–Kier alpha value is -3.67. The number of nitro benzene ring substituents is 1. The second kappa shape index (κ2) is 12.9. The molecule has 1 atom stereocenters. The van der Waals surface area contributed by atoms with Crippen molar-refractivity contribution in [3.8, 4) is 0 Å². The number of benzene rings is 3. The van der Waals surface area contributed by atoms with Crippen molar-refractivity contribution < 1.29 is 22.9 Å². The van der Waals surface area contributed by atoms with Crippen LogP contribution in [0.15, 0.2) is 77.7 Å². The highest BCUT2D eigenvalue weighted by Gasteiger charge is 2.32. The van der Waals surface area contributed by atoms with E-state index < -0.39 is 39.3 Å². The lowest BCUT2D eigenvalue weighted by atomic mass is 10.1. The van der Waals surface area contributed by atoms with Crippen LogP contribution in [-0.4, -0.2) is 49.2 Å². The van der Waals surface area contributed by atoms with E-state index in [9.17, 15) is 28.1 Å². The van der Waals surface area contributed by atoms with E-state index in [0.717, 1.165) is 16.4 Å². The van der Waals surface area contributed by atoms with E-state index in [2.05, 4.69) is 5.32 Å². The number of rotatable bonds is 11. The van der Waals surface area contributed by atoms with E-state index in [0.29, 0.717) is 17.1 Å². The van der Waals surface area contributed by atoms with Crippen LogP contribution < -0.4 is 9.62 Å². The van der Waals surface area contributed by atoms with Gasteiger partial charge in [-0.3, -0.25) is 24.0 Å². The molecule has 0 aromatic heterocycles. The molecule has 3 aromatic carbocycles. The average molecular weight is 593 g/mol. The number of anilines is 1. The van der Waals surface area contributed by atoms with Crippen LogP contribution >= 0.6 is 23.2 Å². The monoisotopic (exact) mass is 592 g/mol. The first-order valence-electron chi connectivity index (χ1n) is 11.8. The number of likely N-dealkylation sites (N-methyl/N-ethyl adjacent to an activating group) is 1. The zero-order valence-electron chi connectivity index (χ0n) is 21.1. The van der Waals surface area contributed by atoms with Gasteiger partial charge in [0.1, 0.15) is 12.6 Å². The molecule has 206 valence electrons. The van der Waals surface area contributed by atoms with E-state index in [4.69, 9.17) is 23.2 Å². The summed E-state index contributed by atoms with van der Waals surface area (Å²) in [5.41, 5.74) is 0.368. The Labute approximate surface area is 236 Å². The van der Waals surface area contributed by atoms with Gasteiger partial charge in [-0.05, 0) is 55.8 Å². The number of nitrogens with one attached hydrogen (secondary N) is 1. The second-order valence-corrected chi connectivity index (χ2v) is 11.1. The highest BCUT2D eigenvalue weighted by Crippen LogP contribution is 2.27. The molecule has 0 fully saturated rings. The van der Waals surface area contributed by atoms with Crippen LogP contribution in [0.2, 0.25) is 10.0 Å². The molecule has 0 saturated heterocycles. The van der Waals surface area contributed by atoms with Gasteiger partial charge in [-0.15, -0.1) is 0 Å². The van der Waals surface area contributed by atoms with Crippen molar-refractivity contribution in [2.24, 2.45) is 0 Å². The number of nitrogens with zero attached hydrogens (tertiary/aromatic N) is 3. The number of non-ortho nitro benzene ring substituents is 1. The zero-order chi connectivity index (χ0) is 28.7. The van der Waals surface area contributed by atoms with Gasteiger partial charge in [-0.2, -0.15) is 0 Å². The van der Waals surface area contributed by atoms with Gasteiger partial charge in [0.2, 0.25) is 11.8 Å². The fourth-order valence-corrected chi connectivity index (χ4v) is 5.48. The molecule has 0 radical (unpaired) electrons. The molecule has 0 heterocycles. The first kappa shape index (κ1) is 29.9. The van der Waals surface area contributed by atoms with E-state index in [1.807, 2.05) is 0 Å². The summed E-state index contributed by atoms with van der Waals surface area (Å²) in [7, 11) is -4.28. The topological polar surface area (TPSA) is 130 Å². The van der Waals surface area contributed by atoms with Crippen LogP contribution in [0, 0.1) is 10.1 Å². The van der Waals surface area contributed by atoms with Crippen molar-refractivity contribution in [1.29, 1.82) is 0 Å². The largest absolute Gasteiger partial charge is 0.355 e. The molecule has 0 saturated carbocycles. The number of hydrogen-bond acceptors (Lipinski definition) is 6. The predicted molar refractivity (Wildman–Crippen MR) is 149 cm³/mol. The highest BCUT2D eigenvalue weighted by molar-refractivity contribution is 7.92. The summed E-state index contributed by atoms with van der Waals surface area (Å²) in [6.45, 7) is 2.85. The van der Waals surface area contributed by atoms with Crippen LogP contribution in [0.4, 0.5) is 11.4 Å². The fourth-order valence-electron chi connectivity index (χ4n) is 3.73. The van der Waals surface area contributed by atoms with Gasteiger partial charge >= 0.3 is 0 Å². The molecule has 0 aliphatic rings. The molecule has 0 bridgehead atoms. The molecular weight excluding hydrogens is 567 g/mol. The van der Waals surface area contributed by atoms with E-state index in [-0.39, 0.29) is 27.8 Å². The van der Waals surface area contributed by atoms with Gasteiger partial charge in [-0.25, -0.2) is 8.42 Å². The lowest BCUT2D eigenvalue weighted by molar-refractivity contribution is -0.384. The van der Waals surface area contributed by atoms with Crippen molar-refractivity contribution in [1.82, 2.24) is 10.2 Å². The number of amides is 2. The van der Waals surface area contributed by atoms with Gasteiger partial charge in [0.25, 0.3) is 15.7 Å². The van der Waals surface area contributed by atoms with Gasteiger partial charge < -0.3 is 10.2 Å². The van der Waals surface area contributed by atoms with Crippen molar-refractivity contribution in [3.63, 3.8) is 0 Å². The first-order chi connectivity index (χ1) is 18.4. The summed E-state index contributed by atoms with van der Waals surface area (Å²) >= 11 is 12.2. The molecule has 0 unspecified atom stereocenters. The first-order valence-corrected chi connectivity index (χ1v) is 14.0. The number of sulfonamides is 1. The quantitative estimate of drug-likeness (QED) is 0.255. The molecule has 3 rings (SSSR count). The van der Waals surface area contributed by atoms with Gasteiger partial charge in [-0.1, -0.05) is 47.5 Å². The Balaban J connectivity index is 2.04. The maximum absolute atomic E-state index is 13.8. The third kappa shape index (κ3) is 7.25. The molecule has 1 N–H and O–H groups in total. The van der Waals surface area contributed by atoms with Crippen molar-refractivity contribution in [2.75, 3.05) is 17.4 Å². The van der Waals surface area contributed by atoms with Crippen LogP contribution in [-0.2, 0) is 26.2 Å². The van der Waals surface area contributed by atoms with Crippen molar-refractivity contribution >= 4 is 56.4 Å². The van der Waals surface area contributed by atoms with E-state index in [1.165, 1.54) is 48.2 Å². The summed E-state index contributed by atoms with van der Waals surface area (Å²) < 4.78 is 28.2. The molecule has 10 nitrogen and oxygen atoms in total. The molecule has 0 spiro atoms. The standard InChI is InChI=1S/C26H26Cl2N4O6S/c1-3-29-26(34)18(2)30(16-19-9-14-23(27)24(28)15-19)25(33)17-31(20-10-12-21(13-11-20)32(35)36)39(37,38)22-7-5-4-6-8-22/h4-15,18H,3,16-17H2,1-2H3,(H,29,34)/t18-/m1/s1. The average Bonchev–Trinajstić information content (AvgIpc) is 2.92. The lowest BCUT2D eigenvalue weighted by Gasteiger charge is -2.32. The second-order valence-electron chi connectivity index (χ2n) is 8.44. The number of carbonyl (C=O) groups is 2. The summed E-state index contributed by atoms with van der Waals surface area (Å²) in [6.07, 6.45) is 0. The Kier molecular flexibility index (Phi) is 9.90. The Morgan fingerprint density at radius 2 is 1.64 bits per heavy atom. The third-order valence-corrected chi connectivity index (χ3v) is 8.34. The van der Waals surface area contributed by atoms with Gasteiger partial charge in [0.15, 0.2) is 0 Å². The third-order valence-electron chi connectivity index (χ3n) is 5.81. The zero-order valence-corrected chi connectivity index (χ0v) is 23.4. The minimum atomic E-state index is -4.28. The highest BCUT2D eigenvalue weighted by atomic mass is 35.5. The molecule has 13 heteroatoms. The smallest absolute Gasteiger partial charge is 0.269 e. The minimum absolute atomic E-state index is 0.0398. The number of carbonyl (C=O) groups excluding carboxylic acids is 2. The maximum atomic E-state index is 13.8. The van der Waals surface area contributed by atoms with Gasteiger partial charge in [0.05, 0.1) is 25.6 Å².